The highest BCUT2D eigenvalue weighted by molar-refractivity contribution is 7.99. The summed E-state index contributed by atoms with van der Waals surface area (Å²) in [5.41, 5.74) is 1.93. The Morgan fingerprint density at radius 3 is 2.64 bits per heavy atom. The molecular formula is C22H25N3OS2. The van der Waals surface area contributed by atoms with Crippen molar-refractivity contribution in [1.82, 2.24) is 14.8 Å². The Balaban J connectivity index is 1.52. The van der Waals surface area contributed by atoms with Gasteiger partial charge in [-0.2, -0.15) is 0 Å². The van der Waals surface area contributed by atoms with E-state index in [1.165, 1.54) is 54.3 Å². The summed E-state index contributed by atoms with van der Waals surface area (Å²) >= 11 is 3.28. The van der Waals surface area contributed by atoms with Gasteiger partial charge in [-0.05, 0) is 31.2 Å². The van der Waals surface area contributed by atoms with Gasteiger partial charge in [-0.25, -0.2) is 0 Å². The van der Waals surface area contributed by atoms with Crippen LogP contribution in [0.2, 0.25) is 0 Å². The number of thiophene rings is 1. The molecule has 1 aliphatic rings. The summed E-state index contributed by atoms with van der Waals surface area (Å²) in [6, 6.07) is 12.5. The van der Waals surface area contributed by atoms with E-state index in [-0.39, 0.29) is 5.78 Å². The van der Waals surface area contributed by atoms with E-state index in [2.05, 4.69) is 32.3 Å². The van der Waals surface area contributed by atoms with E-state index < -0.39 is 0 Å². The van der Waals surface area contributed by atoms with Gasteiger partial charge in [0.05, 0.1) is 5.75 Å². The molecule has 1 aliphatic carbocycles. The van der Waals surface area contributed by atoms with E-state index in [0.29, 0.717) is 11.8 Å². The molecule has 0 saturated heterocycles. The van der Waals surface area contributed by atoms with Gasteiger partial charge in [-0.15, -0.1) is 21.5 Å². The minimum Gasteiger partial charge on any atom is -0.303 e. The summed E-state index contributed by atoms with van der Waals surface area (Å²) in [6.07, 6.45) is 6.99. The first-order chi connectivity index (χ1) is 13.7. The molecule has 1 aromatic carbocycles. The molecule has 4 nitrogen and oxygen atoms in total. The van der Waals surface area contributed by atoms with Crippen LogP contribution in [0.1, 0.15) is 64.8 Å². The van der Waals surface area contributed by atoms with Crippen molar-refractivity contribution in [2.24, 2.45) is 0 Å². The maximum atomic E-state index is 12.6. The molecule has 0 unspecified atom stereocenters. The monoisotopic (exact) mass is 411 g/mol. The number of Topliss-reactive ketones (excluding diaryl/α,β-unsaturated/α-hetero) is 1. The van der Waals surface area contributed by atoms with Crippen LogP contribution < -0.4 is 0 Å². The zero-order valence-corrected chi connectivity index (χ0v) is 17.8. The quantitative estimate of drug-likeness (QED) is 0.368. The number of hydrogen-bond acceptors (Lipinski definition) is 5. The lowest BCUT2D eigenvalue weighted by molar-refractivity contribution is 0.102. The molecule has 0 N–H and O–H groups in total. The molecule has 0 amide bonds. The smallest absolute Gasteiger partial charge is 0.191 e. The van der Waals surface area contributed by atoms with E-state index >= 15 is 0 Å². The van der Waals surface area contributed by atoms with Crippen LogP contribution in [0.4, 0.5) is 0 Å². The van der Waals surface area contributed by atoms with Crippen molar-refractivity contribution in [1.29, 1.82) is 0 Å². The van der Waals surface area contributed by atoms with Crippen LogP contribution in [0.5, 0.6) is 0 Å². The number of carbonyl (C=O) groups excluding carboxylic acids is 1. The Hall–Kier alpha value is -1.92. The number of ketones is 1. The molecule has 2 aromatic heterocycles. The molecule has 0 bridgehead atoms. The maximum Gasteiger partial charge on any atom is 0.191 e. The van der Waals surface area contributed by atoms with E-state index in [0.717, 1.165) is 23.0 Å². The molecule has 28 heavy (non-hydrogen) atoms. The largest absolute Gasteiger partial charge is 0.303 e. The fraction of sp³-hybridized carbons (Fsp3) is 0.409. The van der Waals surface area contributed by atoms with Crippen molar-refractivity contribution < 1.29 is 4.79 Å². The van der Waals surface area contributed by atoms with Gasteiger partial charge in [-0.1, -0.05) is 66.9 Å². The van der Waals surface area contributed by atoms with Crippen LogP contribution in [-0.2, 0) is 6.42 Å². The molecule has 6 heteroatoms. The lowest BCUT2D eigenvalue weighted by atomic mass is 9.95. The molecule has 1 saturated carbocycles. The number of nitrogens with zero attached hydrogens (tertiary/aromatic N) is 3. The van der Waals surface area contributed by atoms with Gasteiger partial charge in [0.25, 0.3) is 0 Å². The van der Waals surface area contributed by atoms with Crippen molar-refractivity contribution in [2.45, 2.75) is 56.6 Å². The summed E-state index contributed by atoms with van der Waals surface area (Å²) in [5, 5.41) is 12.0. The first kappa shape index (κ1) is 19.4. The van der Waals surface area contributed by atoms with E-state index in [1.807, 2.05) is 31.2 Å². The molecule has 0 spiro atoms. The predicted octanol–water partition coefficient (Wildman–Crippen LogP) is 5.72. The van der Waals surface area contributed by atoms with Gasteiger partial charge >= 0.3 is 0 Å². The number of benzene rings is 1. The SMILES string of the molecule is Cc1ccc(C(=O)CSc2nnc(Cc3cccs3)n2C2CCCCC2)cc1. The normalized spacial score (nSPS) is 15.0. The lowest BCUT2D eigenvalue weighted by Crippen LogP contribution is -2.17. The number of rotatable bonds is 7. The standard InChI is InChI=1S/C22H25N3OS2/c1-16-9-11-17(12-10-16)20(26)15-28-22-24-23-21(14-19-8-5-13-27-19)25(22)18-6-3-2-4-7-18/h5,8-13,18H,2-4,6-7,14-15H2,1H3. The number of hydrogen-bond donors (Lipinski definition) is 0. The second-order valence-electron chi connectivity index (χ2n) is 7.39. The molecule has 0 radical (unpaired) electrons. The van der Waals surface area contributed by atoms with Crippen LogP contribution in [0.15, 0.2) is 46.9 Å². The highest BCUT2D eigenvalue weighted by Gasteiger charge is 2.24. The van der Waals surface area contributed by atoms with Crippen molar-refractivity contribution in [3.05, 3.63) is 63.6 Å². The second kappa shape index (κ2) is 9.05. The van der Waals surface area contributed by atoms with E-state index in [4.69, 9.17) is 0 Å². The average Bonchev–Trinajstić information content (AvgIpc) is 3.37. The van der Waals surface area contributed by atoms with Crippen LogP contribution in [-0.4, -0.2) is 26.3 Å². The topological polar surface area (TPSA) is 47.8 Å². The van der Waals surface area contributed by atoms with Crippen molar-refractivity contribution >= 4 is 28.9 Å². The lowest BCUT2D eigenvalue weighted by Gasteiger charge is -2.25. The summed E-state index contributed by atoms with van der Waals surface area (Å²) in [7, 11) is 0. The number of carbonyl (C=O) groups is 1. The zero-order chi connectivity index (χ0) is 19.3. The van der Waals surface area contributed by atoms with Crippen LogP contribution in [0, 0.1) is 6.92 Å². The zero-order valence-electron chi connectivity index (χ0n) is 16.1. The summed E-state index contributed by atoms with van der Waals surface area (Å²) in [6.45, 7) is 2.03. The van der Waals surface area contributed by atoms with Crippen molar-refractivity contribution in [3.8, 4) is 0 Å². The molecular weight excluding hydrogens is 386 g/mol. The number of aromatic nitrogens is 3. The third kappa shape index (κ3) is 4.55. The summed E-state index contributed by atoms with van der Waals surface area (Å²) < 4.78 is 2.33. The maximum absolute atomic E-state index is 12.6. The first-order valence-electron chi connectivity index (χ1n) is 9.89. The highest BCUT2D eigenvalue weighted by atomic mass is 32.2. The van der Waals surface area contributed by atoms with E-state index in [1.54, 1.807) is 11.3 Å². The van der Waals surface area contributed by atoms with Gasteiger partial charge < -0.3 is 4.57 Å². The molecule has 1 fully saturated rings. The average molecular weight is 412 g/mol. The molecule has 0 atom stereocenters. The van der Waals surface area contributed by atoms with Crippen LogP contribution in [0.25, 0.3) is 0 Å². The molecule has 3 aromatic rings. The molecule has 4 rings (SSSR count). The van der Waals surface area contributed by atoms with Crippen molar-refractivity contribution in [2.75, 3.05) is 5.75 Å². The van der Waals surface area contributed by atoms with Gasteiger partial charge in [0.15, 0.2) is 10.9 Å². The van der Waals surface area contributed by atoms with Gasteiger partial charge in [0.2, 0.25) is 0 Å². The minimum absolute atomic E-state index is 0.142. The Bertz CT molecular complexity index is 910. The summed E-state index contributed by atoms with van der Waals surface area (Å²) in [4.78, 5) is 13.9. The fourth-order valence-electron chi connectivity index (χ4n) is 3.75. The predicted molar refractivity (Wildman–Crippen MR) is 116 cm³/mol. The molecule has 2 heterocycles. The third-order valence-corrected chi connectivity index (χ3v) is 7.11. The highest BCUT2D eigenvalue weighted by Crippen LogP contribution is 2.33. The first-order valence-corrected chi connectivity index (χ1v) is 11.8. The minimum atomic E-state index is 0.142. The second-order valence-corrected chi connectivity index (χ2v) is 9.37. The van der Waals surface area contributed by atoms with E-state index in [9.17, 15) is 4.79 Å². The van der Waals surface area contributed by atoms with Crippen molar-refractivity contribution in [3.63, 3.8) is 0 Å². The Morgan fingerprint density at radius 2 is 1.93 bits per heavy atom. The van der Waals surface area contributed by atoms with Gasteiger partial charge in [0.1, 0.15) is 5.82 Å². The fourth-order valence-corrected chi connectivity index (χ4v) is 5.37. The Morgan fingerprint density at radius 1 is 1.14 bits per heavy atom. The third-order valence-electron chi connectivity index (χ3n) is 5.29. The molecule has 0 aliphatic heterocycles. The van der Waals surface area contributed by atoms with Crippen LogP contribution >= 0.6 is 23.1 Å². The van der Waals surface area contributed by atoms with Gasteiger partial charge in [0, 0.05) is 22.9 Å². The number of thioether (sulfide) groups is 1. The summed E-state index contributed by atoms with van der Waals surface area (Å²) in [5.74, 6) is 1.56. The Labute approximate surface area is 174 Å². The van der Waals surface area contributed by atoms with Gasteiger partial charge in [-0.3, -0.25) is 4.79 Å². The van der Waals surface area contributed by atoms with Crippen LogP contribution in [0.3, 0.4) is 0 Å². The molecule has 146 valence electrons. The Kier molecular flexibility index (Phi) is 6.27. The number of aryl methyl sites for hydroxylation is 1.